The van der Waals surface area contributed by atoms with Gasteiger partial charge in [-0.05, 0) is 25.7 Å². The zero-order valence-electron chi connectivity index (χ0n) is 10.3. The molecule has 1 aromatic heterocycles. The van der Waals surface area contributed by atoms with Crippen LogP contribution in [-0.4, -0.2) is 28.0 Å². The highest BCUT2D eigenvalue weighted by molar-refractivity contribution is 7.99. The minimum absolute atomic E-state index is 0.0346. The summed E-state index contributed by atoms with van der Waals surface area (Å²) in [6.07, 6.45) is 3.01. The van der Waals surface area contributed by atoms with Gasteiger partial charge in [-0.3, -0.25) is 10.1 Å². The Balaban J connectivity index is 2.68. The fourth-order valence-corrected chi connectivity index (χ4v) is 1.69. The molecule has 0 amide bonds. The van der Waals surface area contributed by atoms with Crippen LogP contribution in [0.1, 0.15) is 19.0 Å². The van der Waals surface area contributed by atoms with Gasteiger partial charge in [0, 0.05) is 23.6 Å². The molecule has 94 valence electrons. The van der Waals surface area contributed by atoms with E-state index in [1.807, 2.05) is 6.92 Å². The van der Waals surface area contributed by atoms with Crippen molar-refractivity contribution >= 4 is 23.3 Å². The van der Waals surface area contributed by atoms with Crippen LogP contribution in [0.5, 0.6) is 0 Å². The van der Waals surface area contributed by atoms with E-state index in [9.17, 15) is 10.1 Å². The maximum Gasteiger partial charge on any atom is 0.311 e. The summed E-state index contributed by atoms with van der Waals surface area (Å²) in [5.41, 5.74) is 0.809. The lowest BCUT2D eigenvalue weighted by Gasteiger charge is -2.10. The summed E-state index contributed by atoms with van der Waals surface area (Å²) < 4.78 is 0. The highest BCUT2D eigenvalue weighted by Crippen LogP contribution is 2.22. The van der Waals surface area contributed by atoms with Crippen molar-refractivity contribution in [3.8, 4) is 0 Å². The quantitative estimate of drug-likeness (QED) is 0.625. The summed E-state index contributed by atoms with van der Waals surface area (Å²) in [6.45, 7) is 4.64. The number of nitro groups is 1. The normalized spacial score (nSPS) is 12.2. The third-order valence-electron chi connectivity index (χ3n) is 2.46. The number of rotatable bonds is 6. The Morgan fingerprint density at radius 3 is 2.88 bits per heavy atom. The van der Waals surface area contributed by atoms with E-state index in [2.05, 4.69) is 23.5 Å². The number of hydrogen-bond donors (Lipinski definition) is 1. The topological polar surface area (TPSA) is 68.1 Å². The van der Waals surface area contributed by atoms with Gasteiger partial charge in [-0.15, -0.1) is 0 Å². The lowest BCUT2D eigenvalue weighted by molar-refractivity contribution is -0.384. The third kappa shape index (κ3) is 4.22. The van der Waals surface area contributed by atoms with E-state index in [1.54, 1.807) is 17.8 Å². The van der Waals surface area contributed by atoms with Gasteiger partial charge in [0.15, 0.2) is 0 Å². The van der Waals surface area contributed by atoms with E-state index in [4.69, 9.17) is 0 Å². The van der Waals surface area contributed by atoms with Crippen LogP contribution in [0.3, 0.4) is 0 Å². The van der Waals surface area contributed by atoms with E-state index >= 15 is 0 Å². The Hall–Kier alpha value is -1.30. The molecular formula is C11H17N3O2S. The molecule has 1 rings (SSSR count). The molecule has 0 aromatic carbocycles. The molecule has 0 aliphatic rings. The number of nitrogens with one attached hydrogen (secondary N) is 1. The predicted octanol–water partition coefficient (Wildman–Crippen LogP) is 2.85. The van der Waals surface area contributed by atoms with Crippen LogP contribution in [-0.2, 0) is 0 Å². The molecule has 0 fully saturated rings. The van der Waals surface area contributed by atoms with Crippen molar-refractivity contribution in [3.63, 3.8) is 0 Å². The van der Waals surface area contributed by atoms with Crippen molar-refractivity contribution in [2.24, 2.45) is 0 Å². The maximum atomic E-state index is 10.8. The molecule has 0 radical (unpaired) electrons. The summed E-state index contributed by atoms with van der Waals surface area (Å²) >= 11 is 1.78. The minimum Gasteiger partial charge on any atom is -0.364 e. The zero-order chi connectivity index (χ0) is 12.8. The van der Waals surface area contributed by atoms with Crippen molar-refractivity contribution in [1.82, 2.24) is 4.98 Å². The summed E-state index contributed by atoms with van der Waals surface area (Å²) in [4.78, 5) is 14.6. The lowest BCUT2D eigenvalue weighted by atomic mass is 10.3. The molecule has 0 aliphatic carbocycles. The molecule has 1 heterocycles. The smallest absolute Gasteiger partial charge is 0.311 e. The molecule has 1 aromatic rings. The average Bonchev–Trinajstić information content (AvgIpc) is 2.28. The van der Waals surface area contributed by atoms with Gasteiger partial charge in [-0.2, -0.15) is 11.8 Å². The second-order valence-corrected chi connectivity index (χ2v) is 5.12. The van der Waals surface area contributed by atoms with Crippen molar-refractivity contribution in [2.45, 2.75) is 25.5 Å². The number of hydrogen-bond acceptors (Lipinski definition) is 5. The second kappa shape index (κ2) is 6.44. The van der Waals surface area contributed by atoms with Gasteiger partial charge in [0.25, 0.3) is 0 Å². The van der Waals surface area contributed by atoms with E-state index in [0.717, 1.165) is 12.1 Å². The average molecular weight is 255 g/mol. The van der Waals surface area contributed by atoms with Gasteiger partial charge in [0.1, 0.15) is 0 Å². The highest BCUT2D eigenvalue weighted by Gasteiger charge is 2.14. The minimum atomic E-state index is -0.410. The first-order valence-corrected chi connectivity index (χ1v) is 6.72. The first-order valence-electron chi connectivity index (χ1n) is 5.43. The van der Waals surface area contributed by atoms with Crippen LogP contribution in [0.15, 0.2) is 12.1 Å². The first-order chi connectivity index (χ1) is 8.04. The molecule has 1 unspecified atom stereocenters. The Morgan fingerprint density at radius 1 is 1.59 bits per heavy atom. The fraction of sp³-hybridized carbons (Fsp3) is 0.545. The van der Waals surface area contributed by atoms with E-state index < -0.39 is 4.92 Å². The van der Waals surface area contributed by atoms with Gasteiger partial charge in [-0.25, -0.2) is 4.98 Å². The Kier molecular flexibility index (Phi) is 5.21. The van der Waals surface area contributed by atoms with Crippen molar-refractivity contribution in [2.75, 3.05) is 18.1 Å². The molecule has 0 saturated heterocycles. The van der Waals surface area contributed by atoms with Gasteiger partial charge < -0.3 is 5.32 Å². The van der Waals surface area contributed by atoms with Crippen LogP contribution in [0, 0.1) is 17.0 Å². The molecule has 17 heavy (non-hydrogen) atoms. The van der Waals surface area contributed by atoms with Gasteiger partial charge in [0.2, 0.25) is 5.82 Å². The van der Waals surface area contributed by atoms with Crippen LogP contribution < -0.4 is 5.32 Å². The van der Waals surface area contributed by atoms with Crippen LogP contribution in [0.2, 0.25) is 0 Å². The molecular weight excluding hydrogens is 238 g/mol. The van der Waals surface area contributed by atoms with Crippen molar-refractivity contribution in [1.29, 1.82) is 0 Å². The number of pyridine rings is 1. The highest BCUT2D eigenvalue weighted by atomic mass is 32.2. The first kappa shape index (κ1) is 13.8. The van der Waals surface area contributed by atoms with E-state index in [-0.39, 0.29) is 5.69 Å². The summed E-state index contributed by atoms with van der Waals surface area (Å²) in [5.74, 6) is 0.364. The molecule has 1 N–H and O–H groups in total. The molecule has 0 spiro atoms. The summed E-state index contributed by atoms with van der Waals surface area (Å²) in [5, 5.41) is 14.4. The number of aromatic nitrogens is 1. The molecule has 0 aliphatic heterocycles. The van der Waals surface area contributed by atoms with Gasteiger partial charge in [-0.1, -0.05) is 6.92 Å². The van der Waals surface area contributed by atoms with E-state index in [1.165, 1.54) is 6.07 Å². The Bertz CT molecular complexity index is 398. The Morgan fingerprint density at radius 2 is 2.29 bits per heavy atom. The molecule has 1 atom stereocenters. The SMILES string of the molecule is CSC(C)CCNc1nc(C)ccc1[N+](=O)[O-]. The van der Waals surface area contributed by atoms with Crippen molar-refractivity contribution in [3.05, 3.63) is 27.9 Å². The largest absolute Gasteiger partial charge is 0.364 e. The second-order valence-electron chi connectivity index (χ2n) is 3.84. The standard InChI is InChI=1S/C11H17N3O2S/c1-8-4-5-10(14(15)16)11(13-8)12-7-6-9(2)17-3/h4-5,9H,6-7H2,1-3H3,(H,12,13). The summed E-state index contributed by atoms with van der Waals surface area (Å²) in [7, 11) is 0. The van der Waals surface area contributed by atoms with Gasteiger partial charge >= 0.3 is 5.69 Å². The summed E-state index contributed by atoms with van der Waals surface area (Å²) in [6, 6.07) is 3.14. The monoisotopic (exact) mass is 255 g/mol. The molecule has 0 bridgehead atoms. The molecule has 6 heteroatoms. The molecule has 0 saturated carbocycles. The number of thioether (sulfide) groups is 1. The lowest BCUT2D eigenvalue weighted by Crippen LogP contribution is -2.10. The van der Waals surface area contributed by atoms with Crippen LogP contribution >= 0.6 is 11.8 Å². The van der Waals surface area contributed by atoms with Gasteiger partial charge in [0.05, 0.1) is 4.92 Å². The number of aryl methyl sites for hydroxylation is 1. The van der Waals surface area contributed by atoms with E-state index in [0.29, 0.717) is 17.6 Å². The van der Waals surface area contributed by atoms with Crippen LogP contribution in [0.25, 0.3) is 0 Å². The zero-order valence-corrected chi connectivity index (χ0v) is 11.1. The predicted molar refractivity (Wildman–Crippen MR) is 71.7 cm³/mol. The maximum absolute atomic E-state index is 10.8. The fourth-order valence-electron chi connectivity index (χ4n) is 1.34. The number of anilines is 1. The Labute approximate surface area is 105 Å². The number of nitrogens with zero attached hydrogens (tertiary/aromatic N) is 2. The van der Waals surface area contributed by atoms with Crippen molar-refractivity contribution < 1.29 is 4.92 Å². The van der Waals surface area contributed by atoms with Crippen LogP contribution in [0.4, 0.5) is 11.5 Å². The molecule has 5 nitrogen and oxygen atoms in total. The third-order valence-corrected chi connectivity index (χ3v) is 3.50.